The van der Waals surface area contributed by atoms with Gasteiger partial charge in [0.2, 0.25) is 15.9 Å². The van der Waals surface area contributed by atoms with E-state index in [1.165, 1.54) is 4.31 Å². The van der Waals surface area contributed by atoms with E-state index in [0.717, 1.165) is 32.4 Å². The molecule has 2 aliphatic rings. The maximum atomic E-state index is 13.0. The van der Waals surface area contributed by atoms with Crippen molar-refractivity contribution in [3.8, 4) is 0 Å². The van der Waals surface area contributed by atoms with Crippen LogP contribution in [0.4, 0.5) is 5.69 Å². The maximum Gasteiger partial charge on any atom is 0.255 e. The highest BCUT2D eigenvalue weighted by Gasteiger charge is 2.32. The van der Waals surface area contributed by atoms with Crippen LogP contribution in [0.1, 0.15) is 48.0 Å². The largest absolute Gasteiger partial charge is 0.339 e. The number of carbonyl (C=O) groups excluding carboxylic acids is 2. The van der Waals surface area contributed by atoms with Gasteiger partial charge >= 0.3 is 0 Å². The van der Waals surface area contributed by atoms with Crippen molar-refractivity contribution < 1.29 is 18.0 Å². The molecule has 0 atom stereocenters. The third-order valence-electron chi connectivity index (χ3n) is 6.54. The van der Waals surface area contributed by atoms with E-state index in [4.69, 9.17) is 11.6 Å². The zero-order valence-corrected chi connectivity index (χ0v) is 20.7. The summed E-state index contributed by atoms with van der Waals surface area (Å²) in [7, 11) is -3.48. The highest BCUT2D eigenvalue weighted by atomic mass is 35.5. The molecule has 0 aromatic heterocycles. The van der Waals surface area contributed by atoms with Gasteiger partial charge in [-0.15, -0.1) is 0 Å². The summed E-state index contributed by atoms with van der Waals surface area (Å²) in [6.45, 7) is 2.07. The van der Waals surface area contributed by atoms with E-state index < -0.39 is 10.0 Å². The topological polar surface area (TPSA) is 86.8 Å². The quantitative estimate of drug-likeness (QED) is 0.641. The summed E-state index contributed by atoms with van der Waals surface area (Å²) in [6.07, 6.45) is 4.01. The zero-order valence-electron chi connectivity index (χ0n) is 19.1. The van der Waals surface area contributed by atoms with Gasteiger partial charge in [-0.25, -0.2) is 12.7 Å². The molecule has 2 amide bonds. The Balaban J connectivity index is 1.35. The van der Waals surface area contributed by atoms with Crippen LogP contribution in [-0.4, -0.2) is 55.6 Å². The van der Waals surface area contributed by atoms with Gasteiger partial charge in [-0.3, -0.25) is 9.59 Å². The molecule has 4 rings (SSSR count). The van der Waals surface area contributed by atoms with Crippen LogP contribution in [0.15, 0.2) is 48.5 Å². The number of amides is 2. The fourth-order valence-corrected chi connectivity index (χ4v) is 6.25. The van der Waals surface area contributed by atoms with Crippen LogP contribution in [0.25, 0.3) is 0 Å². The highest BCUT2D eigenvalue weighted by Crippen LogP contribution is 2.25. The molecule has 0 unspecified atom stereocenters. The molecule has 7 nitrogen and oxygen atoms in total. The van der Waals surface area contributed by atoms with Gasteiger partial charge in [-0.1, -0.05) is 35.9 Å². The molecule has 2 aliphatic heterocycles. The van der Waals surface area contributed by atoms with Gasteiger partial charge < -0.3 is 10.2 Å². The molecule has 9 heteroatoms. The molecule has 182 valence electrons. The lowest BCUT2D eigenvalue weighted by molar-refractivity contribution is -0.120. The second kappa shape index (κ2) is 10.9. The van der Waals surface area contributed by atoms with Gasteiger partial charge in [0.25, 0.3) is 5.91 Å². The van der Waals surface area contributed by atoms with Gasteiger partial charge in [-0.2, -0.15) is 0 Å². The summed E-state index contributed by atoms with van der Waals surface area (Å²) >= 11 is 5.88. The van der Waals surface area contributed by atoms with Gasteiger partial charge in [-0.05, 0) is 61.9 Å². The molecule has 1 N–H and O–H groups in total. The zero-order chi connectivity index (χ0) is 24.1. The molecule has 2 fully saturated rings. The van der Waals surface area contributed by atoms with E-state index in [0.29, 0.717) is 47.8 Å². The van der Waals surface area contributed by atoms with Crippen LogP contribution in [0.3, 0.4) is 0 Å². The molecule has 2 saturated heterocycles. The number of para-hydroxylation sites is 1. The van der Waals surface area contributed by atoms with E-state index in [-0.39, 0.29) is 23.5 Å². The molecule has 0 bridgehead atoms. The number of likely N-dealkylation sites (tertiary alicyclic amines) is 1. The Hall–Kier alpha value is -2.42. The van der Waals surface area contributed by atoms with Gasteiger partial charge in [0.05, 0.1) is 17.0 Å². The number of benzene rings is 2. The summed E-state index contributed by atoms with van der Waals surface area (Å²) in [5, 5.41) is 3.49. The third-order valence-corrected chi connectivity index (χ3v) is 8.64. The van der Waals surface area contributed by atoms with Crippen LogP contribution in [-0.2, 0) is 20.6 Å². The predicted octanol–water partition coefficient (Wildman–Crippen LogP) is 4.15. The van der Waals surface area contributed by atoms with E-state index in [1.54, 1.807) is 48.5 Å². The second-order valence-corrected chi connectivity index (χ2v) is 11.3. The molecule has 34 heavy (non-hydrogen) atoms. The maximum absolute atomic E-state index is 13.0. The second-order valence-electron chi connectivity index (χ2n) is 8.94. The molecule has 0 aliphatic carbocycles. The lowest BCUT2D eigenvalue weighted by Crippen LogP contribution is -2.42. The summed E-state index contributed by atoms with van der Waals surface area (Å²) in [4.78, 5) is 27.8. The third kappa shape index (κ3) is 5.98. The first-order chi connectivity index (χ1) is 16.3. The number of rotatable bonds is 6. The van der Waals surface area contributed by atoms with E-state index in [2.05, 4.69) is 5.32 Å². The van der Waals surface area contributed by atoms with E-state index in [9.17, 15) is 18.0 Å². The van der Waals surface area contributed by atoms with Crippen molar-refractivity contribution in [2.24, 2.45) is 5.92 Å². The molecular weight excluding hydrogens is 474 g/mol. The lowest BCUT2D eigenvalue weighted by atomic mass is 9.97. The first-order valence-electron chi connectivity index (χ1n) is 11.7. The van der Waals surface area contributed by atoms with Crippen molar-refractivity contribution in [3.63, 3.8) is 0 Å². The minimum atomic E-state index is -3.48. The van der Waals surface area contributed by atoms with Crippen molar-refractivity contribution in [2.75, 3.05) is 31.5 Å². The first kappa shape index (κ1) is 24.7. The summed E-state index contributed by atoms with van der Waals surface area (Å²) in [5.41, 5.74) is 1.70. The Kier molecular flexibility index (Phi) is 7.91. The van der Waals surface area contributed by atoms with Crippen LogP contribution < -0.4 is 5.32 Å². The van der Waals surface area contributed by atoms with Gasteiger partial charge in [0.15, 0.2) is 0 Å². The Bertz CT molecular complexity index is 1120. The standard InChI is InChI=1S/C25H30ClN3O4S/c26-21-10-8-19(9-11-21)18-34(32,33)29-16-12-20(13-17-29)24(30)27-23-7-3-2-6-22(23)25(31)28-14-4-1-5-15-28/h2-3,6-11,20H,1,4-5,12-18H2,(H,27,30). The lowest BCUT2D eigenvalue weighted by Gasteiger charge is -2.31. The van der Waals surface area contributed by atoms with Crippen molar-refractivity contribution >= 4 is 39.1 Å². The molecule has 0 spiro atoms. The Morgan fingerprint density at radius 1 is 0.912 bits per heavy atom. The van der Waals surface area contributed by atoms with Gasteiger partial charge in [0, 0.05) is 37.1 Å². The minimum Gasteiger partial charge on any atom is -0.339 e. The van der Waals surface area contributed by atoms with E-state index >= 15 is 0 Å². The predicted molar refractivity (Wildman–Crippen MR) is 133 cm³/mol. The molecular formula is C25H30ClN3O4S. The minimum absolute atomic E-state index is 0.0567. The number of anilines is 1. The molecule has 0 radical (unpaired) electrons. The number of piperidine rings is 2. The normalized spacial score (nSPS) is 18.0. The number of nitrogens with one attached hydrogen (secondary N) is 1. The van der Waals surface area contributed by atoms with Crippen LogP contribution in [0.2, 0.25) is 5.02 Å². The Morgan fingerprint density at radius 3 is 2.24 bits per heavy atom. The number of nitrogens with zero attached hydrogens (tertiary/aromatic N) is 2. The number of halogens is 1. The number of carbonyl (C=O) groups is 2. The smallest absolute Gasteiger partial charge is 0.255 e. The molecule has 2 aromatic rings. The molecule has 0 saturated carbocycles. The number of sulfonamides is 1. The summed E-state index contributed by atoms with van der Waals surface area (Å²) in [6, 6.07) is 13.9. The van der Waals surface area contributed by atoms with Gasteiger partial charge in [0.1, 0.15) is 0 Å². The van der Waals surface area contributed by atoms with Crippen LogP contribution in [0, 0.1) is 5.92 Å². The van der Waals surface area contributed by atoms with Crippen molar-refractivity contribution in [3.05, 3.63) is 64.7 Å². The fourth-order valence-electron chi connectivity index (χ4n) is 4.56. The SMILES string of the molecule is O=C(Nc1ccccc1C(=O)N1CCCCC1)C1CCN(S(=O)(=O)Cc2ccc(Cl)cc2)CC1. The molecule has 2 heterocycles. The van der Waals surface area contributed by atoms with E-state index in [1.807, 2.05) is 4.90 Å². The van der Waals surface area contributed by atoms with Crippen molar-refractivity contribution in [1.29, 1.82) is 0 Å². The fraction of sp³-hybridized carbons (Fsp3) is 0.440. The highest BCUT2D eigenvalue weighted by molar-refractivity contribution is 7.88. The first-order valence-corrected chi connectivity index (χ1v) is 13.7. The average Bonchev–Trinajstić information content (AvgIpc) is 2.86. The monoisotopic (exact) mass is 503 g/mol. The van der Waals surface area contributed by atoms with Crippen LogP contribution in [0.5, 0.6) is 0 Å². The molecule has 2 aromatic carbocycles. The number of hydrogen-bond donors (Lipinski definition) is 1. The van der Waals surface area contributed by atoms with Crippen molar-refractivity contribution in [1.82, 2.24) is 9.21 Å². The Labute approximate surface area is 206 Å². The summed E-state index contributed by atoms with van der Waals surface area (Å²) < 4.78 is 27.1. The Morgan fingerprint density at radius 2 is 1.56 bits per heavy atom. The van der Waals surface area contributed by atoms with Crippen LogP contribution >= 0.6 is 11.6 Å². The van der Waals surface area contributed by atoms with Crippen molar-refractivity contribution in [2.45, 2.75) is 37.9 Å². The average molecular weight is 504 g/mol. The number of hydrogen-bond acceptors (Lipinski definition) is 4. The summed E-state index contributed by atoms with van der Waals surface area (Å²) in [5.74, 6) is -0.625.